The van der Waals surface area contributed by atoms with Gasteiger partial charge in [0.25, 0.3) is 0 Å². The lowest BCUT2D eigenvalue weighted by Crippen LogP contribution is -1.83. The summed E-state index contributed by atoms with van der Waals surface area (Å²) in [6.07, 6.45) is 4.15. The lowest BCUT2D eigenvalue weighted by molar-refractivity contribution is 0.550. The third kappa shape index (κ3) is 6.00. The number of unbranched alkanes of at least 4 members (excludes halogenated alkanes) is 1. The summed E-state index contributed by atoms with van der Waals surface area (Å²) in [5.74, 6) is 0.903. The van der Waals surface area contributed by atoms with E-state index in [1.54, 1.807) is 0 Å². The first-order chi connectivity index (χ1) is 4.27. The Kier molecular flexibility index (Phi) is 3.06. The van der Waals surface area contributed by atoms with Crippen LogP contribution in [0.15, 0.2) is 0 Å². The summed E-state index contributed by atoms with van der Waals surface area (Å²) < 4.78 is 10.0. The van der Waals surface area contributed by atoms with Gasteiger partial charge in [0.1, 0.15) is 0 Å². The minimum Gasteiger partial charge on any atom is -0.0654 e. The molecule has 0 aromatic heterocycles. The number of hydrogen-bond donors (Lipinski definition) is 0. The van der Waals surface area contributed by atoms with E-state index in [9.17, 15) is 0 Å². The van der Waals surface area contributed by atoms with Crippen LogP contribution in [0.25, 0.3) is 0 Å². The Bertz CT molecular complexity index is 35.9. The highest BCUT2D eigenvalue weighted by Gasteiger charge is 1.88. The molecule has 0 heterocycles. The topological polar surface area (TPSA) is 0 Å². The molecule has 0 saturated heterocycles. The summed E-state index contributed by atoms with van der Waals surface area (Å²) in [4.78, 5) is 0. The van der Waals surface area contributed by atoms with Gasteiger partial charge in [-0.25, -0.2) is 0 Å². The van der Waals surface area contributed by atoms with Crippen molar-refractivity contribution in [2.24, 2.45) is 5.92 Å². The average molecular weight is 106 g/mol. The van der Waals surface area contributed by atoms with Gasteiger partial charge in [0.05, 0.1) is 0 Å². The van der Waals surface area contributed by atoms with Crippen LogP contribution in [0.1, 0.15) is 43.0 Å². The van der Waals surface area contributed by atoms with Crippen LogP contribution in [0, 0.1) is 5.92 Å². The van der Waals surface area contributed by atoms with E-state index in [1.807, 2.05) is 0 Å². The van der Waals surface area contributed by atoms with Gasteiger partial charge < -0.3 is 0 Å². The zero-order valence-corrected chi connectivity index (χ0v) is 5.70. The fraction of sp³-hybridized carbons (Fsp3) is 1.00. The number of rotatable bonds is 3. The Morgan fingerprint density at radius 2 is 2.14 bits per heavy atom. The van der Waals surface area contributed by atoms with Crippen molar-refractivity contribution >= 4 is 0 Å². The largest absolute Gasteiger partial charge is 0.0654 e. The summed E-state index contributed by atoms with van der Waals surface area (Å²) in [5, 5.41) is 0. The maximum atomic E-state index is 5.00. The smallest absolute Gasteiger partial charge is 0 e. The molecule has 0 aliphatic carbocycles. The molecule has 0 fully saturated rings. The minimum atomic E-state index is 0.903. The third-order valence-corrected chi connectivity index (χ3v) is 1.14. The second-order valence-electron chi connectivity index (χ2n) is 2.54. The van der Waals surface area contributed by atoms with Crippen LogP contribution in [0.5, 0.6) is 0 Å². The van der Waals surface area contributed by atoms with E-state index in [1.165, 1.54) is 19.3 Å². The molecule has 0 aromatic carbocycles. The maximum Gasteiger partial charge on any atom is 0 e. The summed E-state index contributed by atoms with van der Waals surface area (Å²) in [5.41, 5.74) is 0. The first kappa shape index (κ1) is 5.14. The van der Waals surface area contributed by atoms with Gasteiger partial charge in [-0.2, -0.15) is 0 Å². The molecule has 0 radical (unpaired) electrons. The van der Waals surface area contributed by atoms with Crippen LogP contribution in [0.2, 0.25) is 0 Å². The van der Waals surface area contributed by atoms with E-state index in [0.29, 0.717) is 0 Å². The predicted molar refractivity (Wildman–Crippen MR) is 36.5 cm³/mol. The van der Waals surface area contributed by atoms with Gasteiger partial charge in [0, 0.05) is 2.97 Å². The van der Waals surface area contributed by atoms with Gasteiger partial charge in [0.2, 0.25) is 0 Å². The molecule has 0 aliphatic rings. The van der Waals surface area contributed by atoms with Crippen molar-refractivity contribution in [3.8, 4) is 0 Å². The van der Waals surface area contributed by atoms with Gasteiger partial charge in [-0.1, -0.05) is 40.0 Å². The first-order valence-electron chi connectivity index (χ1n) is 4.27. The van der Waals surface area contributed by atoms with Crippen molar-refractivity contribution in [3.05, 3.63) is 0 Å². The van der Waals surface area contributed by atoms with Crippen molar-refractivity contribution in [1.29, 1.82) is 0 Å². The molecule has 0 aromatic rings. The molecule has 0 heteroatoms. The van der Waals surface area contributed by atoms with Crippen molar-refractivity contribution in [1.82, 2.24) is 0 Å². The maximum absolute atomic E-state index is 5.00. The summed E-state index contributed by atoms with van der Waals surface area (Å²) in [6, 6.07) is 0. The Morgan fingerprint density at radius 3 is 2.29 bits per heavy atom. The Morgan fingerprint density at radius 1 is 1.57 bits per heavy atom. The van der Waals surface area contributed by atoms with Crippen LogP contribution >= 0.6 is 0 Å². The molecule has 46 valence electrons. The molecule has 0 bridgehead atoms. The Hall–Kier alpha value is 0. The molecular formula is C7H18. The third-order valence-electron chi connectivity index (χ3n) is 1.14. The Balaban J connectivity index is 0. The minimum absolute atomic E-state index is 0.903. The van der Waals surface area contributed by atoms with Crippen LogP contribution in [0.4, 0.5) is 0 Å². The second kappa shape index (κ2) is 4.17. The first-order valence-corrected chi connectivity index (χ1v) is 3.27. The highest BCUT2D eigenvalue weighted by Crippen LogP contribution is 2.04. The molecular weight excluding hydrogens is 84.1 g/mol. The van der Waals surface area contributed by atoms with E-state index in [4.69, 9.17) is 2.97 Å². The van der Waals surface area contributed by atoms with Gasteiger partial charge in [0.15, 0.2) is 0 Å². The molecule has 0 spiro atoms. The normalized spacial score (nSPS) is 11.4. The van der Waals surface area contributed by atoms with E-state index < -0.39 is 0 Å². The molecule has 0 atom stereocenters. The Labute approximate surface area is 50.0 Å². The highest BCUT2D eigenvalue weighted by atomic mass is 13.9. The fourth-order valence-corrected chi connectivity index (χ4v) is 0.612. The van der Waals surface area contributed by atoms with Gasteiger partial charge in [-0.05, 0) is 5.92 Å². The van der Waals surface area contributed by atoms with E-state index in [0.717, 1.165) is 5.92 Å². The molecule has 0 unspecified atom stereocenters. The second-order valence-corrected chi connectivity index (χ2v) is 2.54. The summed E-state index contributed by atoms with van der Waals surface area (Å²) in [7, 11) is 0. The lowest BCUT2D eigenvalue weighted by atomic mass is 10.1. The van der Waals surface area contributed by atoms with Gasteiger partial charge in [-0.3, -0.25) is 0 Å². The lowest BCUT2D eigenvalue weighted by Gasteiger charge is -1.98. The van der Waals surface area contributed by atoms with Crippen molar-refractivity contribution in [3.63, 3.8) is 0 Å². The average Bonchev–Trinajstić information content (AvgIpc) is 1.88. The standard InChI is InChI=1S/C7H16.H2/c1-4-5-6-7(2)3;/h7H,4-6H2,1-3H3;1H/i;1+2T. The zero-order chi connectivity index (χ0) is 7.70. The molecule has 0 rings (SSSR count). The summed E-state index contributed by atoms with van der Waals surface area (Å²) >= 11 is 0. The van der Waals surface area contributed by atoms with Crippen LogP contribution < -0.4 is 0 Å². The quantitative estimate of drug-likeness (QED) is 0.518. The molecule has 0 N–H and O–H groups in total. The van der Waals surface area contributed by atoms with E-state index in [-0.39, 0.29) is 0 Å². The van der Waals surface area contributed by atoms with Crippen LogP contribution in [0.3, 0.4) is 0 Å². The summed E-state index contributed by atoms with van der Waals surface area (Å²) in [6.45, 7) is 6.79. The van der Waals surface area contributed by atoms with E-state index >= 15 is 0 Å². The zero-order valence-electron chi connectivity index (χ0n) is 7.70. The molecule has 0 aliphatic heterocycles. The monoisotopic (exact) mass is 106 g/mol. The molecule has 7 heavy (non-hydrogen) atoms. The van der Waals surface area contributed by atoms with Crippen molar-refractivity contribution in [2.45, 2.75) is 40.0 Å². The van der Waals surface area contributed by atoms with Crippen LogP contribution in [-0.2, 0) is 0 Å². The van der Waals surface area contributed by atoms with Crippen molar-refractivity contribution < 1.29 is 2.97 Å². The van der Waals surface area contributed by atoms with Crippen molar-refractivity contribution in [2.75, 3.05) is 0 Å². The van der Waals surface area contributed by atoms with Crippen LogP contribution in [-0.4, -0.2) is 0 Å². The molecule has 0 saturated carbocycles. The molecule has 0 nitrogen and oxygen atoms in total. The van der Waals surface area contributed by atoms with E-state index in [2.05, 4.69) is 20.8 Å². The predicted octanol–water partition coefficient (Wildman–Crippen LogP) is 3.08. The van der Waals surface area contributed by atoms with Gasteiger partial charge in [-0.15, -0.1) is 0 Å². The molecule has 0 amide bonds. The fourth-order valence-electron chi connectivity index (χ4n) is 0.612. The SMILES string of the molecule is CCCCC(C)C.[3H][3H]. The highest BCUT2D eigenvalue weighted by molar-refractivity contribution is 4.42. The van der Waals surface area contributed by atoms with Gasteiger partial charge >= 0.3 is 0 Å². The number of hydrogen-bond acceptors (Lipinski definition) is 0.